The van der Waals surface area contributed by atoms with Gasteiger partial charge in [-0.05, 0) is 59.3 Å². The normalized spacial score (nSPS) is 13.4. The number of hydrogen-bond acceptors (Lipinski definition) is 4. The van der Waals surface area contributed by atoms with Crippen molar-refractivity contribution < 1.29 is 22.8 Å². The summed E-state index contributed by atoms with van der Waals surface area (Å²) in [7, 11) is 0. The van der Waals surface area contributed by atoms with Gasteiger partial charge in [-0.3, -0.25) is 14.2 Å². The fraction of sp³-hybridized carbons (Fsp3) is 0.0312. The predicted molar refractivity (Wildman–Crippen MR) is 150 cm³/mol. The van der Waals surface area contributed by atoms with Crippen molar-refractivity contribution in [2.75, 3.05) is 0 Å². The van der Waals surface area contributed by atoms with Crippen molar-refractivity contribution in [1.82, 2.24) is 9.55 Å². The Morgan fingerprint density at radius 1 is 0.750 bits per heavy atom. The van der Waals surface area contributed by atoms with Gasteiger partial charge in [0, 0.05) is 22.4 Å². The number of nitrogens with zero attached hydrogens (tertiary/aromatic N) is 2. The molecule has 0 atom stereocenters. The van der Waals surface area contributed by atoms with Crippen molar-refractivity contribution in [3.8, 4) is 16.3 Å². The number of para-hydroxylation sites is 1. The van der Waals surface area contributed by atoms with Crippen LogP contribution in [0.15, 0.2) is 103 Å². The quantitative estimate of drug-likeness (QED) is 0.164. The zero-order valence-electron chi connectivity index (χ0n) is 20.6. The van der Waals surface area contributed by atoms with E-state index in [9.17, 15) is 22.8 Å². The Kier molecular flexibility index (Phi) is 5.37. The maximum Gasteiger partial charge on any atom is 0.416 e. The largest absolute Gasteiger partial charge is 0.416 e. The Hall–Kier alpha value is -4.82. The lowest BCUT2D eigenvalue weighted by molar-refractivity contribution is -0.137. The Bertz CT molecular complexity index is 1960. The molecule has 1 aliphatic rings. The van der Waals surface area contributed by atoms with Gasteiger partial charge in [0.05, 0.1) is 21.5 Å². The highest BCUT2D eigenvalue weighted by Crippen LogP contribution is 2.38. The van der Waals surface area contributed by atoms with E-state index in [4.69, 9.17) is 4.98 Å². The molecule has 0 bridgehead atoms. The lowest BCUT2D eigenvalue weighted by Gasteiger charge is -2.08. The predicted octanol–water partition coefficient (Wildman–Crippen LogP) is 8.39. The molecule has 0 aliphatic heterocycles. The number of carbonyl (C=O) groups excluding carboxylic acids is 2. The molecule has 4 aromatic carbocycles. The van der Waals surface area contributed by atoms with Crippen LogP contribution < -0.4 is 0 Å². The maximum absolute atomic E-state index is 13.4. The zero-order valence-corrected chi connectivity index (χ0v) is 21.4. The molecule has 8 heteroatoms. The number of rotatable bonds is 3. The van der Waals surface area contributed by atoms with E-state index in [0.29, 0.717) is 33.0 Å². The van der Waals surface area contributed by atoms with E-state index >= 15 is 0 Å². The summed E-state index contributed by atoms with van der Waals surface area (Å²) in [4.78, 5) is 31.6. The molecular weight excluding hydrogens is 533 g/mol. The number of allylic oxidation sites excluding steroid dienone is 1. The van der Waals surface area contributed by atoms with E-state index in [1.54, 1.807) is 18.2 Å². The molecule has 6 aromatic rings. The maximum atomic E-state index is 13.4. The fourth-order valence-electron chi connectivity index (χ4n) is 5.07. The first kappa shape index (κ1) is 24.2. The molecule has 40 heavy (non-hydrogen) atoms. The Labute approximate surface area is 229 Å². The standard InChI is InChI=1S/C32H17F3N2O2S/c33-32(34,35)21-12-10-18(11-13-21)31-36-30-27(40-31)17-23(37(30)22-8-2-1-3-9-22)16-26-28(38)24-14-19-6-4-5-7-20(19)15-25(24)29(26)39/h1-17H. The van der Waals surface area contributed by atoms with Crippen LogP contribution in [0.3, 0.4) is 0 Å². The minimum Gasteiger partial charge on any atom is -0.294 e. The Morgan fingerprint density at radius 2 is 1.35 bits per heavy atom. The van der Waals surface area contributed by atoms with Crippen LogP contribution in [0.1, 0.15) is 32.0 Å². The van der Waals surface area contributed by atoms with Crippen molar-refractivity contribution in [2.45, 2.75) is 6.18 Å². The monoisotopic (exact) mass is 550 g/mol. The van der Waals surface area contributed by atoms with Gasteiger partial charge in [-0.25, -0.2) is 4.98 Å². The van der Waals surface area contributed by atoms with Crippen molar-refractivity contribution in [3.63, 3.8) is 0 Å². The second-order valence-electron chi connectivity index (χ2n) is 9.48. The van der Waals surface area contributed by atoms with Gasteiger partial charge in [0.1, 0.15) is 5.01 Å². The van der Waals surface area contributed by atoms with E-state index in [-0.39, 0.29) is 17.1 Å². The topological polar surface area (TPSA) is 52.0 Å². The number of ketones is 2. The number of alkyl halides is 3. The van der Waals surface area contributed by atoms with Crippen molar-refractivity contribution >= 4 is 50.1 Å². The SMILES string of the molecule is O=C1C(=Cc2cc3sc(-c4ccc(C(F)(F)F)cc4)nc3n2-c2ccccc2)C(=O)c2cc3ccccc3cc21. The lowest BCUT2D eigenvalue weighted by Crippen LogP contribution is -2.04. The molecule has 1 aliphatic carbocycles. The number of halogens is 3. The minimum absolute atomic E-state index is 0.0793. The van der Waals surface area contributed by atoms with Gasteiger partial charge in [-0.1, -0.05) is 54.6 Å². The van der Waals surface area contributed by atoms with Crippen molar-refractivity contribution in [1.29, 1.82) is 0 Å². The summed E-state index contributed by atoms with van der Waals surface area (Å²) in [5, 5.41) is 2.34. The van der Waals surface area contributed by atoms with E-state index in [1.807, 2.05) is 65.2 Å². The third kappa shape index (κ3) is 3.87. The molecule has 0 amide bonds. The highest BCUT2D eigenvalue weighted by atomic mass is 32.1. The molecule has 2 heterocycles. The highest BCUT2D eigenvalue weighted by Gasteiger charge is 2.34. The number of benzene rings is 4. The van der Waals surface area contributed by atoms with Crippen LogP contribution in [0.4, 0.5) is 13.2 Å². The molecule has 0 fully saturated rings. The van der Waals surface area contributed by atoms with E-state index in [1.165, 1.54) is 23.5 Å². The van der Waals surface area contributed by atoms with Crippen molar-refractivity contribution in [2.24, 2.45) is 0 Å². The number of fused-ring (bicyclic) bond motifs is 3. The second kappa shape index (κ2) is 8.86. The molecule has 0 saturated heterocycles. The average molecular weight is 551 g/mol. The molecule has 0 spiro atoms. The number of thiazole rings is 1. The first-order valence-electron chi connectivity index (χ1n) is 12.4. The summed E-state index contributed by atoms with van der Waals surface area (Å²) in [5.74, 6) is -0.651. The molecule has 2 aromatic heterocycles. The van der Waals surface area contributed by atoms with Gasteiger partial charge in [0.15, 0.2) is 17.2 Å². The molecule has 0 radical (unpaired) electrons. The smallest absolute Gasteiger partial charge is 0.294 e. The van der Waals surface area contributed by atoms with E-state index < -0.39 is 11.7 Å². The molecule has 0 saturated carbocycles. The number of hydrogen-bond donors (Lipinski definition) is 0. The van der Waals surface area contributed by atoms with Gasteiger partial charge in [-0.2, -0.15) is 13.2 Å². The molecule has 4 nitrogen and oxygen atoms in total. The molecule has 0 N–H and O–H groups in total. The second-order valence-corrected chi connectivity index (χ2v) is 10.5. The van der Waals surface area contributed by atoms with Gasteiger partial charge in [0.2, 0.25) is 0 Å². The third-order valence-corrected chi connectivity index (χ3v) is 8.05. The molecular formula is C32H17F3N2O2S. The van der Waals surface area contributed by atoms with Crippen LogP contribution in [0, 0.1) is 0 Å². The number of Topliss-reactive ketones (excluding diaryl/α,β-unsaturated/α-hetero) is 2. The number of carbonyl (C=O) groups is 2. The van der Waals surface area contributed by atoms with Crippen molar-refractivity contribution in [3.05, 3.63) is 125 Å². The summed E-state index contributed by atoms with van der Waals surface area (Å²) in [6.07, 6.45) is -2.81. The lowest BCUT2D eigenvalue weighted by atomic mass is 10.0. The van der Waals surface area contributed by atoms with Gasteiger partial charge in [0.25, 0.3) is 0 Å². The minimum atomic E-state index is -4.42. The Balaban J connectivity index is 1.35. The average Bonchev–Trinajstić information content (AvgIpc) is 3.58. The van der Waals surface area contributed by atoms with Gasteiger partial charge >= 0.3 is 6.18 Å². The first-order valence-corrected chi connectivity index (χ1v) is 13.2. The summed E-state index contributed by atoms with van der Waals surface area (Å²) in [5.41, 5.74) is 2.66. The molecule has 194 valence electrons. The molecule has 7 rings (SSSR count). The third-order valence-electron chi connectivity index (χ3n) is 7.01. The van der Waals surface area contributed by atoms with Crippen LogP contribution in [0.25, 0.3) is 43.5 Å². The van der Waals surface area contributed by atoms with Crippen LogP contribution in [-0.4, -0.2) is 21.1 Å². The van der Waals surface area contributed by atoms with Gasteiger partial charge < -0.3 is 0 Å². The van der Waals surface area contributed by atoms with E-state index in [2.05, 4.69) is 0 Å². The number of aromatic nitrogens is 2. The van der Waals surface area contributed by atoms with Gasteiger partial charge in [-0.15, -0.1) is 11.3 Å². The Morgan fingerprint density at radius 3 is 1.95 bits per heavy atom. The highest BCUT2D eigenvalue weighted by molar-refractivity contribution is 7.21. The van der Waals surface area contributed by atoms with Crippen LogP contribution in [-0.2, 0) is 6.18 Å². The fourth-order valence-corrected chi connectivity index (χ4v) is 6.07. The van der Waals surface area contributed by atoms with Crippen LogP contribution in [0.2, 0.25) is 0 Å². The van der Waals surface area contributed by atoms with Crippen LogP contribution >= 0.6 is 11.3 Å². The zero-order chi connectivity index (χ0) is 27.6. The summed E-state index contributed by atoms with van der Waals surface area (Å²) < 4.78 is 41.7. The molecule has 0 unspecified atom stereocenters. The summed E-state index contributed by atoms with van der Waals surface area (Å²) in [6.45, 7) is 0. The first-order chi connectivity index (χ1) is 19.3. The summed E-state index contributed by atoms with van der Waals surface area (Å²) >= 11 is 1.33. The van der Waals surface area contributed by atoms with E-state index in [0.717, 1.165) is 33.3 Å². The summed E-state index contributed by atoms with van der Waals surface area (Å²) in [6, 6.07) is 27.3. The van der Waals surface area contributed by atoms with Crippen LogP contribution in [0.5, 0.6) is 0 Å².